The molecule has 1 saturated heterocycles. The van der Waals surface area contributed by atoms with Gasteiger partial charge in [-0.2, -0.15) is 0 Å². The number of carbonyl (C=O) groups excluding carboxylic acids is 3. The summed E-state index contributed by atoms with van der Waals surface area (Å²) in [4.78, 5) is 48.7. The van der Waals surface area contributed by atoms with Crippen molar-refractivity contribution in [2.75, 3.05) is 20.3 Å². The SMILES string of the molecule is COCCCN1C(=O)C[C@](CC(=O)N[C@@H](C)c2nc3ccc(C)cc3[nH]2)(c2ccccc2)C1=O. The van der Waals surface area contributed by atoms with Gasteiger partial charge in [0, 0.05) is 33.1 Å². The van der Waals surface area contributed by atoms with Crippen molar-refractivity contribution in [3.05, 3.63) is 65.5 Å². The zero-order valence-corrected chi connectivity index (χ0v) is 19.8. The number of benzene rings is 2. The quantitative estimate of drug-likeness (QED) is 0.375. The monoisotopic (exact) mass is 462 g/mol. The molecule has 2 atom stereocenters. The summed E-state index contributed by atoms with van der Waals surface area (Å²) in [6.45, 7) is 4.57. The highest BCUT2D eigenvalue weighted by molar-refractivity contribution is 6.10. The second-order valence-corrected chi connectivity index (χ2v) is 8.93. The highest BCUT2D eigenvalue weighted by Crippen LogP contribution is 2.40. The third-order valence-corrected chi connectivity index (χ3v) is 6.37. The molecule has 8 nitrogen and oxygen atoms in total. The Bertz CT molecular complexity index is 1210. The van der Waals surface area contributed by atoms with Gasteiger partial charge in [0.25, 0.3) is 0 Å². The van der Waals surface area contributed by atoms with Crippen LogP contribution in [0.2, 0.25) is 0 Å². The fourth-order valence-electron chi connectivity index (χ4n) is 4.60. The van der Waals surface area contributed by atoms with Crippen molar-refractivity contribution in [1.82, 2.24) is 20.2 Å². The molecule has 3 aromatic rings. The van der Waals surface area contributed by atoms with E-state index in [4.69, 9.17) is 4.74 Å². The lowest BCUT2D eigenvalue weighted by Crippen LogP contribution is -2.43. The van der Waals surface area contributed by atoms with Crippen LogP contribution in [-0.4, -0.2) is 52.9 Å². The predicted molar refractivity (Wildman–Crippen MR) is 128 cm³/mol. The number of ether oxygens (including phenoxy) is 1. The molecule has 34 heavy (non-hydrogen) atoms. The molecule has 8 heteroatoms. The van der Waals surface area contributed by atoms with Crippen LogP contribution in [0.5, 0.6) is 0 Å². The van der Waals surface area contributed by atoms with Crippen LogP contribution in [0.25, 0.3) is 11.0 Å². The van der Waals surface area contributed by atoms with Crippen molar-refractivity contribution >= 4 is 28.8 Å². The summed E-state index contributed by atoms with van der Waals surface area (Å²) in [5.41, 5.74) is 2.29. The Morgan fingerprint density at radius 2 is 2.00 bits per heavy atom. The molecule has 0 unspecified atom stereocenters. The van der Waals surface area contributed by atoms with E-state index in [1.807, 2.05) is 62.4 Å². The molecule has 0 saturated carbocycles. The largest absolute Gasteiger partial charge is 0.385 e. The minimum Gasteiger partial charge on any atom is -0.385 e. The average Bonchev–Trinajstić information content (AvgIpc) is 3.34. The molecule has 2 aromatic carbocycles. The highest BCUT2D eigenvalue weighted by atomic mass is 16.5. The van der Waals surface area contributed by atoms with Crippen molar-refractivity contribution in [3.8, 4) is 0 Å². The van der Waals surface area contributed by atoms with Gasteiger partial charge < -0.3 is 15.0 Å². The van der Waals surface area contributed by atoms with Crippen LogP contribution in [0.4, 0.5) is 0 Å². The lowest BCUT2D eigenvalue weighted by molar-refractivity contribution is -0.141. The highest BCUT2D eigenvalue weighted by Gasteiger charge is 2.53. The van der Waals surface area contributed by atoms with Gasteiger partial charge in [-0.25, -0.2) is 4.98 Å². The summed E-state index contributed by atoms with van der Waals surface area (Å²) in [6, 6.07) is 14.6. The Hall–Kier alpha value is -3.52. The van der Waals surface area contributed by atoms with Crippen LogP contribution >= 0.6 is 0 Å². The van der Waals surface area contributed by atoms with Gasteiger partial charge in [0.1, 0.15) is 5.82 Å². The number of hydrogen-bond donors (Lipinski definition) is 2. The molecular formula is C26H30N4O4. The number of nitrogens with zero attached hydrogens (tertiary/aromatic N) is 2. The number of methoxy groups -OCH3 is 1. The maximum atomic E-state index is 13.5. The van der Waals surface area contributed by atoms with Crippen LogP contribution in [0.15, 0.2) is 48.5 Å². The first kappa shape index (κ1) is 23.6. The van der Waals surface area contributed by atoms with E-state index in [0.717, 1.165) is 16.6 Å². The molecule has 1 aliphatic heterocycles. The number of amides is 3. The van der Waals surface area contributed by atoms with Gasteiger partial charge in [0.2, 0.25) is 17.7 Å². The number of rotatable bonds is 9. The number of hydrogen-bond acceptors (Lipinski definition) is 5. The number of imide groups is 1. The molecule has 3 amide bonds. The van der Waals surface area contributed by atoms with Gasteiger partial charge in [-0.1, -0.05) is 36.4 Å². The van der Waals surface area contributed by atoms with Crippen LogP contribution < -0.4 is 5.32 Å². The summed E-state index contributed by atoms with van der Waals surface area (Å²) in [5, 5.41) is 2.96. The number of H-pyrrole nitrogens is 1. The molecule has 0 bridgehead atoms. The number of likely N-dealkylation sites (tertiary alicyclic amines) is 1. The van der Waals surface area contributed by atoms with Gasteiger partial charge in [-0.15, -0.1) is 0 Å². The van der Waals surface area contributed by atoms with Crippen molar-refractivity contribution in [2.24, 2.45) is 0 Å². The first-order valence-electron chi connectivity index (χ1n) is 11.5. The minimum absolute atomic E-state index is 0.0332. The molecule has 2 N–H and O–H groups in total. The van der Waals surface area contributed by atoms with Crippen LogP contribution in [-0.2, 0) is 24.5 Å². The number of fused-ring (bicyclic) bond motifs is 1. The minimum atomic E-state index is -1.22. The van der Waals surface area contributed by atoms with Gasteiger partial charge in [0.05, 0.1) is 22.5 Å². The molecule has 178 valence electrons. The second kappa shape index (κ2) is 9.77. The number of imidazole rings is 1. The van der Waals surface area contributed by atoms with E-state index in [9.17, 15) is 14.4 Å². The predicted octanol–water partition coefficient (Wildman–Crippen LogP) is 3.17. The molecule has 2 heterocycles. The number of nitrogens with one attached hydrogen (secondary N) is 2. The lowest BCUT2D eigenvalue weighted by atomic mass is 9.75. The Morgan fingerprint density at radius 1 is 1.24 bits per heavy atom. The first-order chi connectivity index (χ1) is 16.3. The average molecular weight is 463 g/mol. The zero-order valence-electron chi connectivity index (χ0n) is 19.8. The molecule has 0 radical (unpaired) electrons. The maximum absolute atomic E-state index is 13.5. The van der Waals surface area contributed by atoms with E-state index in [2.05, 4.69) is 15.3 Å². The van der Waals surface area contributed by atoms with Crippen molar-refractivity contribution < 1.29 is 19.1 Å². The normalized spacial score (nSPS) is 19.1. The second-order valence-electron chi connectivity index (χ2n) is 8.93. The third kappa shape index (κ3) is 4.59. The van der Waals surface area contributed by atoms with Crippen LogP contribution in [0.3, 0.4) is 0 Å². The third-order valence-electron chi connectivity index (χ3n) is 6.37. The molecule has 1 aliphatic rings. The van der Waals surface area contributed by atoms with E-state index in [1.54, 1.807) is 7.11 Å². The standard InChI is InChI=1S/C26H30N4O4/c1-17-10-11-20-21(14-17)29-24(28-20)18(2)27-22(31)15-26(19-8-5-4-6-9-19)16-23(32)30(25(26)33)12-7-13-34-3/h4-6,8-11,14,18H,7,12-13,15-16H2,1-3H3,(H,27,31)(H,28,29)/t18-,26+/m0/s1. The topological polar surface area (TPSA) is 104 Å². The van der Waals surface area contributed by atoms with Crippen molar-refractivity contribution in [3.63, 3.8) is 0 Å². The van der Waals surface area contributed by atoms with Gasteiger partial charge >= 0.3 is 0 Å². The van der Waals surface area contributed by atoms with Gasteiger partial charge in [-0.05, 0) is 43.5 Å². The van der Waals surface area contributed by atoms with Crippen LogP contribution in [0, 0.1) is 6.92 Å². The Morgan fingerprint density at radius 3 is 2.74 bits per heavy atom. The smallest absolute Gasteiger partial charge is 0.240 e. The van der Waals surface area contributed by atoms with Gasteiger partial charge in [-0.3, -0.25) is 19.3 Å². The number of aryl methyl sites for hydroxylation is 1. The van der Waals surface area contributed by atoms with Crippen molar-refractivity contribution in [1.29, 1.82) is 0 Å². The number of aromatic amines is 1. The lowest BCUT2D eigenvalue weighted by Gasteiger charge is -2.27. The van der Waals surface area contributed by atoms with Crippen LogP contribution in [0.1, 0.15) is 49.2 Å². The summed E-state index contributed by atoms with van der Waals surface area (Å²) in [7, 11) is 1.58. The van der Waals surface area contributed by atoms with E-state index >= 15 is 0 Å². The fraction of sp³-hybridized carbons (Fsp3) is 0.385. The maximum Gasteiger partial charge on any atom is 0.240 e. The molecule has 1 aromatic heterocycles. The Labute approximate surface area is 198 Å². The Kier molecular flexibility index (Phi) is 6.79. The van der Waals surface area contributed by atoms with E-state index < -0.39 is 11.5 Å². The first-order valence-corrected chi connectivity index (χ1v) is 11.5. The van der Waals surface area contributed by atoms with E-state index in [1.165, 1.54) is 4.90 Å². The Balaban J connectivity index is 1.55. The summed E-state index contributed by atoms with van der Waals surface area (Å²) < 4.78 is 5.07. The zero-order chi connectivity index (χ0) is 24.3. The fourth-order valence-corrected chi connectivity index (χ4v) is 4.60. The summed E-state index contributed by atoms with van der Waals surface area (Å²) >= 11 is 0. The molecule has 4 rings (SSSR count). The summed E-state index contributed by atoms with van der Waals surface area (Å²) in [5.74, 6) is -0.272. The number of aromatic nitrogens is 2. The molecular weight excluding hydrogens is 432 g/mol. The summed E-state index contributed by atoms with van der Waals surface area (Å²) in [6.07, 6.45) is 0.397. The van der Waals surface area contributed by atoms with Crippen molar-refractivity contribution in [2.45, 2.75) is 44.6 Å². The van der Waals surface area contributed by atoms with E-state index in [0.29, 0.717) is 24.4 Å². The molecule has 0 aliphatic carbocycles. The van der Waals surface area contributed by atoms with Gasteiger partial charge in [0.15, 0.2) is 0 Å². The molecule has 1 fully saturated rings. The van der Waals surface area contributed by atoms with E-state index in [-0.39, 0.29) is 37.1 Å². The molecule has 0 spiro atoms. The number of carbonyl (C=O) groups is 3.